The molecule has 0 aromatic heterocycles. The van der Waals surface area contributed by atoms with E-state index in [0.29, 0.717) is 12.8 Å². The van der Waals surface area contributed by atoms with Gasteiger partial charge in [-0.2, -0.15) is 8.42 Å². The lowest BCUT2D eigenvalue weighted by molar-refractivity contribution is -0.157. The number of nitrogens with two attached hydrogens (primary N) is 1. The zero-order valence-electron chi connectivity index (χ0n) is 20.6. The van der Waals surface area contributed by atoms with Crippen molar-refractivity contribution in [2.24, 2.45) is 16.0 Å². The average molecular weight is 609 g/mol. The number of hydrogen-bond acceptors (Lipinski definition) is 7. The Balaban J connectivity index is 1.83. The molecular weight excluding hydrogens is 580 g/mol. The number of primary amides is 1. The summed E-state index contributed by atoms with van der Waals surface area (Å²) in [6.45, 7) is -0.0248. The van der Waals surface area contributed by atoms with Crippen molar-refractivity contribution in [3.8, 4) is 0 Å². The fourth-order valence-electron chi connectivity index (χ4n) is 5.56. The summed E-state index contributed by atoms with van der Waals surface area (Å²) in [5.74, 6) is -2.97. The number of carbonyl (C=O) groups excluding carboxylic acids is 4. The predicted molar refractivity (Wildman–Crippen MR) is 139 cm³/mol. The maximum absolute atomic E-state index is 14.1. The summed E-state index contributed by atoms with van der Waals surface area (Å²) < 4.78 is 31.8. The van der Waals surface area contributed by atoms with Crippen LogP contribution >= 0.6 is 15.9 Å². The maximum atomic E-state index is 14.1. The minimum absolute atomic E-state index is 0.0248. The molecule has 0 spiro atoms. The van der Waals surface area contributed by atoms with Crippen molar-refractivity contribution >= 4 is 50.2 Å². The summed E-state index contributed by atoms with van der Waals surface area (Å²) in [5, 5.41) is 3.01. The smallest absolute Gasteiger partial charge is 0.405 e. The Morgan fingerprint density at radius 3 is 2.63 bits per heavy atom. The minimum atomic E-state index is -3.15. The highest BCUT2D eigenvalue weighted by Crippen LogP contribution is 2.55. The molecule has 204 valence electrons. The SMILES string of the molecule is NC(=O)OC1CCCCCC=CC2CC2(c2ccccc2Br)NC(=O)C2(C(=O)N=S(=O)=O)CCCN2C1=O. The number of hydrogen-bond donors (Lipinski definition) is 2. The number of fused-ring (bicyclic) bond motifs is 2. The Morgan fingerprint density at radius 2 is 1.92 bits per heavy atom. The predicted octanol–water partition coefficient (Wildman–Crippen LogP) is 2.72. The number of nitrogens with zero attached hydrogens (tertiary/aromatic N) is 2. The van der Waals surface area contributed by atoms with Crippen molar-refractivity contribution in [2.75, 3.05) is 6.54 Å². The summed E-state index contributed by atoms with van der Waals surface area (Å²) in [6, 6.07) is 7.39. The zero-order valence-corrected chi connectivity index (χ0v) is 23.0. The van der Waals surface area contributed by atoms with Gasteiger partial charge in [0.05, 0.1) is 5.54 Å². The summed E-state index contributed by atoms with van der Waals surface area (Å²) in [7, 11) is -3.15. The van der Waals surface area contributed by atoms with Crippen LogP contribution in [0.15, 0.2) is 45.3 Å². The highest BCUT2D eigenvalue weighted by molar-refractivity contribution is 9.10. The van der Waals surface area contributed by atoms with Gasteiger partial charge in [0.1, 0.15) is 0 Å². The molecule has 3 aliphatic rings. The lowest BCUT2D eigenvalue weighted by Gasteiger charge is -2.37. The van der Waals surface area contributed by atoms with Crippen molar-refractivity contribution in [2.45, 2.75) is 68.5 Å². The van der Waals surface area contributed by atoms with Gasteiger partial charge in [-0.05, 0) is 56.6 Å². The summed E-state index contributed by atoms with van der Waals surface area (Å²) in [4.78, 5) is 53.8. The van der Waals surface area contributed by atoms with Crippen LogP contribution in [0.4, 0.5) is 4.79 Å². The fraction of sp³-hybridized carbons (Fsp3) is 0.520. The van der Waals surface area contributed by atoms with Crippen LogP contribution in [0.3, 0.4) is 0 Å². The molecule has 4 rings (SSSR count). The Labute approximate surface area is 230 Å². The third-order valence-electron chi connectivity index (χ3n) is 7.48. The van der Waals surface area contributed by atoms with Gasteiger partial charge in [-0.15, -0.1) is 0 Å². The fourth-order valence-corrected chi connectivity index (χ4v) is 6.49. The van der Waals surface area contributed by atoms with Crippen LogP contribution in [0.25, 0.3) is 0 Å². The molecule has 11 nitrogen and oxygen atoms in total. The van der Waals surface area contributed by atoms with Crippen molar-refractivity contribution in [1.82, 2.24) is 10.2 Å². The topological polar surface area (TPSA) is 165 Å². The second-order valence-corrected chi connectivity index (χ2v) is 11.2. The van der Waals surface area contributed by atoms with E-state index in [1.807, 2.05) is 30.3 Å². The standard InChI is InChI=1S/C25H29BrN4O7S/c26-18-11-7-6-10-17(18)24-15-16(24)9-4-2-1-3-5-12-19(37-23(27)34)20(31)30-14-8-13-25(30,21(32)28-24)22(33)29-38(35)36/h4,6-7,9-11,16,19H,1-3,5,8,12-15H2,(H2,27,34)(H,28,32). The molecule has 38 heavy (non-hydrogen) atoms. The Morgan fingerprint density at radius 1 is 1.16 bits per heavy atom. The van der Waals surface area contributed by atoms with E-state index in [2.05, 4.69) is 31.7 Å². The number of benzene rings is 1. The molecule has 4 atom stereocenters. The molecule has 0 radical (unpaired) electrons. The lowest BCUT2D eigenvalue weighted by atomic mass is 9.91. The van der Waals surface area contributed by atoms with Crippen molar-refractivity contribution in [3.63, 3.8) is 0 Å². The number of rotatable bonds is 3. The second kappa shape index (κ2) is 11.4. The van der Waals surface area contributed by atoms with Gasteiger partial charge in [0.15, 0.2) is 6.10 Å². The van der Waals surface area contributed by atoms with Gasteiger partial charge in [-0.1, -0.05) is 57.1 Å². The van der Waals surface area contributed by atoms with Crippen LogP contribution < -0.4 is 11.1 Å². The molecule has 13 heteroatoms. The Bertz CT molecular complexity index is 1310. The van der Waals surface area contributed by atoms with Crippen molar-refractivity contribution in [1.29, 1.82) is 0 Å². The van der Waals surface area contributed by atoms with Crippen LogP contribution in [0.2, 0.25) is 0 Å². The van der Waals surface area contributed by atoms with Crippen LogP contribution in [0, 0.1) is 5.92 Å². The maximum Gasteiger partial charge on any atom is 0.405 e. The van der Waals surface area contributed by atoms with Crippen LogP contribution in [-0.2, 0) is 35.2 Å². The van der Waals surface area contributed by atoms with E-state index in [0.717, 1.165) is 34.2 Å². The molecule has 0 bridgehead atoms. The highest BCUT2D eigenvalue weighted by atomic mass is 79.9. The van der Waals surface area contributed by atoms with Gasteiger partial charge >= 0.3 is 16.6 Å². The minimum Gasteiger partial charge on any atom is -0.436 e. The first kappa shape index (κ1) is 28.0. The van der Waals surface area contributed by atoms with E-state index in [1.54, 1.807) is 0 Å². The molecule has 1 aliphatic carbocycles. The van der Waals surface area contributed by atoms with Crippen molar-refractivity contribution < 1.29 is 32.3 Å². The molecule has 1 saturated heterocycles. The van der Waals surface area contributed by atoms with E-state index >= 15 is 0 Å². The third kappa shape index (κ3) is 5.39. The normalized spacial score (nSPS) is 29.7. The van der Waals surface area contributed by atoms with Gasteiger partial charge in [-0.25, -0.2) is 4.79 Å². The van der Waals surface area contributed by atoms with Crippen LogP contribution in [-0.4, -0.2) is 55.3 Å². The summed E-state index contributed by atoms with van der Waals surface area (Å²) >= 11 is 3.56. The number of allylic oxidation sites excluding steroid dienone is 1. The molecule has 1 aromatic rings. The molecule has 2 fully saturated rings. The third-order valence-corrected chi connectivity index (χ3v) is 8.49. The van der Waals surface area contributed by atoms with Gasteiger partial charge in [-0.3, -0.25) is 14.4 Å². The molecule has 2 aliphatic heterocycles. The van der Waals surface area contributed by atoms with E-state index < -0.39 is 51.5 Å². The van der Waals surface area contributed by atoms with Crippen LogP contribution in [0.1, 0.15) is 56.9 Å². The Kier molecular flexibility index (Phi) is 8.36. The van der Waals surface area contributed by atoms with E-state index in [1.165, 1.54) is 0 Å². The first-order chi connectivity index (χ1) is 18.1. The number of amides is 4. The largest absolute Gasteiger partial charge is 0.436 e. The van der Waals surface area contributed by atoms with Gasteiger partial charge < -0.3 is 20.7 Å². The number of carbonyl (C=O) groups is 4. The van der Waals surface area contributed by atoms with Crippen molar-refractivity contribution in [3.05, 3.63) is 46.5 Å². The number of halogens is 1. The molecule has 1 aromatic carbocycles. The first-order valence-electron chi connectivity index (χ1n) is 12.5. The zero-order chi connectivity index (χ0) is 27.5. The van der Waals surface area contributed by atoms with Gasteiger partial charge in [0.25, 0.3) is 17.7 Å². The lowest BCUT2D eigenvalue weighted by Crippen LogP contribution is -2.64. The molecule has 3 N–H and O–H groups in total. The van der Waals surface area contributed by atoms with Gasteiger partial charge in [0.2, 0.25) is 5.54 Å². The molecule has 4 unspecified atom stereocenters. The van der Waals surface area contributed by atoms with E-state index in [9.17, 15) is 27.6 Å². The number of ether oxygens (including phenoxy) is 1. The summed E-state index contributed by atoms with van der Waals surface area (Å²) in [5.41, 5.74) is 2.92. The van der Waals surface area contributed by atoms with E-state index in [-0.39, 0.29) is 31.7 Å². The monoisotopic (exact) mass is 608 g/mol. The highest BCUT2D eigenvalue weighted by Gasteiger charge is 2.62. The van der Waals surface area contributed by atoms with Gasteiger partial charge in [0, 0.05) is 16.9 Å². The first-order valence-corrected chi connectivity index (χ1v) is 14.3. The average Bonchev–Trinajstić information content (AvgIpc) is 3.34. The molecular formula is C25H29BrN4O7S. The van der Waals surface area contributed by atoms with Crippen LogP contribution in [0.5, 0.6) is 0 Å². The molecule has 1 saturated carbocycles. The second-order valence-electron chi connectivity index (χ2n) is 9.77. The summed E-state index contributed by atoms with van der Waals surface area (Å²) in [6.07, 6.45) is 5.32. The quantitative estimate of drug-likeness (QED) is 0.393. The molecule has 2 heterocycles. The molecule has 4 amide bonds. The number of nitrogens with one attached hydrogen (secondary N) is 1. The van der Waals surface area contributed by atoms with E-state index in [4.69, 9.17) is 10.5 Å². The Hall–Kier alpha value is -3.06.